The molecule has 0 unspecified atom stereocenters. The molecule has 17 heavy (non-hydrogen) atoms. The molecule has 0 bridgehead atoms. The average Bonchev–Trinajstić information content (AvgIpc) is 2.35. The summed E-state index contributed by atoms with van der Waals surface area (Å²) >= 11 is 0. The minimum Gasteiger partial charge on any atom is -0.387 e. The third-order valence-corrected chi connectivity index (χ3v) is 2.26. The summed E-state index contributed by atoms with van der Waals surface area (Å²) in [5.74, 6) is -0.858. The van der Waals surface area contributed by atoms with Gasteiger partial charge in [-0.05, 0) is 6.42 Å². The fraction of sp³-hybridized carbons (Fsp3) is 0.800. The SMILES string of the molecule is CCCCNC(=O)[C@@H](O)[C@@H](O)[C@H](O)[C@@H](O)C=O. The second-order valence-electron chi connectivity index (χ2n) is 3.70. The molecule has 0 aliphatic carbocycles. The van der Waals surface area contributed by atoms with Crippen molar-refractivity contribution >= 4 is 12.2 Å². The van der Waals surface area contributed by atoms with Gasteiger partial charge >= 0.3 is 0 Å². The van der Waals surface area contributed by atoms with Gasteiger partial charge in [-0.2, -0.15) is 0 Å². The Balaban J connectivity index is 4.23. The second kappa shape index (κ2) is 8.13. The van der Waals surface area contributed by atoms with Gasteiger partial charge < -0.3 is 30.5 Å². The summed E-state index contributed by atoms with van der Waals surface area (Å²) in [5, 5.41) is 39.2. The van der Waals surface area contributed by atoms with Crippen LogP contribution in [0.5, 0.6) is 0 Å². The van der Waals surface area contributed by atoms with Gasteiger partial charge in [0.05, 0.1) is 0 Å². The molecule has 0 spiro atoms. The fourth-order valence-corrected chi connectivity index (χ4v) is 1.12. The maximum absolute atomic E-state index is 11.3. The molecule has 100 valence electrons. The molecule has 7 nitrogen and oxygen atoms in total. The lowest BCUT2D eigenvalue weighted by atomic mass is 10.0. The molecule has 0 aromatic rings. The quantitative estimate of drug-likeness (QED) is 0.240. The highest BCUT2D eigenvalue weighted by molar-refractivity contribution is 5.81. The van der Waals surface area contributed by atoms with Crippen LogP contribution < -0.4 is 5.32 Å². The van der Waals surface area contributed by atoms with E-state index in [0.29, 0.717) is 13.0 Å². The van der Waals surface area contributed by atoms with Gasteiger partial charge in [-0.1, -0.05) is 13.3 Å². The maximum Gasteiger partial charge on any atom is 0.251 e. The summed E-state index contributed by atoms with van der Waals surface area (Å²) in [7, 11) is 0. The Morgan fingerprint density at radius 2 is 1.82 bits per heavy atom. The molecule has 0 aliphatic heterocycles. The zero-order chi connectivity index (χ0) is 13.4. The summed E-state index contributed by atoms with van der Waals surface area (Å²) in [6, 6.07) is 0. The predicted octanol–water partition coefficient (Wildman–Crippen LogP) is -2.45. The van der Waals surface area contributed by atoms with E-state index in [2.05, 4.69) is 5.32 Å². The van der Waals surface area contributed by atoms with Gasteiger partial charge in [0, 0.05) is 6.54 Å². The molecule has 0 aromatic carbocycles. The van der Waals surface area contributed by atoms with Crippen molar-refractivity contribution in [2.24, 2.45) is 0 Å². The van der Waals surface area contributed by atoms with E-state index in [9.17, 15) is 24.9 Å². The highest BCUT2D eigenvalue weighted by atomic mass is 16.4. The zero-order valence-corrected chi connectivity index (χ0v) is 9.61. The van der Waals surface area contributed by atoms with Crippen LogP contribution in [0.25, 0.3) is 0 Å². The lowest BCUT2D eigenvalue weighted by Crippen LogP contribution is -2.51. The highest BCUT2D eigenvalue weighted by Crippen LogP contribution is 2.04. The molecule has 0 aromatic heterocycles. The Kier molecular flexibility index (Phi) is 7.64. The first-order valence-electron chi connectivity index (χ1n) is 5.41. The van der Waals surface area contributed by atoms with E-state index in [1.54, 1.807) is 0 Å². The number of hydrogen-bond donors (Lipinski definition) is 5. The fourth-order valence-electron chi connectivity index (χ4n) is 1.12. The van der Waals surface area contributed by atoms with Gasteiger partial charge in [0.1, 0.15) is 18.3 Å². The minimum atomic E-state index is -1.92. The standard InChI is InChI=1S/C10H19NO6/c1-2-3-4-11-10(17)9(16)8(15)7(14)6(13)5-12/h5-9,13-16H,2-4H2,1H3,(H,11,17)/t6-,7+,8-,9-/m0/s1. The number of aliphatic hydroxyl groups excluding tert-OH is 4. The van der Waals surface area contributed by atoms with Crippen molar-refractivity contribution in [2.45, 2.75) is 44.2 Å². The summed E-state index contributed by atoms with van der Waals surface area (Å²) in [5.41, 5.74) is 0. The van der Waals surface area contributed by atoms with Crippen LogP contribution in [0.15, 0.2) is 0 Å². The van der Waals surface area contributed by atoms with Crippen LogP contribution in [0.4, 0.5) is 0 Å². The van der Waals surface area contributed by atoms with Gasteiger partial charge in [0.25, 0.3) is 5.91 Å². The Labute approximate surface area is 99.1 Å². The van der Waals surface area contributed by atoms with Crippen LogP contribution in [-0.2, 0) is 9.59 Å². The van der Waals surface area contributed by atoms with Crippen LogP contribution >= 0.6 is 0 Å². The van der Waals surface area contributed by atoms with Crippen LogP contribution in [0.1, 0.15) is 19.8 Å². The average molecular weight is 249 g/mol. The number of carbonyl (C=O) groups excluding carboxylic acids is 2. The maximum atomic E-state index is 11.3. The monoisotopic (exact) mass is 249 g/mol. The Morgan fingerprint density at radius 1 is 1.24 bits per heavy atom. The molecular formula is C10H19NO6. The lowest BCUT2D eigenvalue weighted by Gasteiger charge is -2.23. The molecular weight excluding hydrogens is 230 g/mol. The molecule has 0 heterocycles. The molecule has 4 atom stereocenters. The molecule has 1 amide bonds. The molecule has 0 saturated heterocycles. The third kappa shape index (κ3) is 5.22. The van der Waals surface area contributed by atoms with Gasteiger partial charge in [0.15, 0.2) is 12.4 Å². The van der Waals surface area contributed by atoms with Crippen LogP contribution in [0, 0.1) is 0 Å². The van der Waals surface area contributed by atoms with Gasteiger partial charge in [-0.15, -0.1) is 0 Å². The first-order valence-corrected chi connectivity index (χ1v) is 5.41. The van der Waals surface area contributed by atoms with Crippen LogP contribution in [0.2, 0.25) is 0 Å². The van der Waals surface area contributed by atoms with E-state index in [0.717, 1.165) is 6.42 Å². The van der Waals surface area contributed by atoms with Crippen molar-refractivity contribution in [1.82, 2.24) is 5.32 Å². The number of aldehydes is 1. The highest BCUT2D eigenvalue weighted by Gasteiger charge is 2.33. The van der Waals surface area contributed by atoms with Gasteiger partial charge in [-0.3, -0.25) is 4.79 Å². The first kappa shape index (κ1) is 16.0. The van der Waals surface area contributed by atoms with Crippen molar-refractivity contribution in [1.29, 1.82) is 0 Å². The molecule has 5 N–H and O–H groups in total. The Hall–Kier alpha value is -1.02. The number of nitrogens with one attached hydrogen (secondary N) is 1. The van der Waals surface area contributed by atoms with E-state index in [-0.39, 0.29) is 6.29 Å². The Morgan fingerprint density at radius 3 is 2.29 bits per heavy atom. The smallest absolute Gasteiger partial charge is 0.251 e. The number of rotatable bonds is 8. The lowest BCUT2D eigenvalue weighted by molar-refractivity contribution is -0.149. The predicted molar refractivity (Wildman–Crippen MR) is 58.0 cm³/mol. The van der Waals surface area contributed by atoms with Gasteiger partial charge in [0.2, 0.25) is 0 Å². The van der Waals surface area contributed by atoms with Crippen molar-refractivity contribution in [3.8, 4) is 0 Å². The largest absolute Gasteiger partial charge is 0.387 e. The second-order valence-corrected chi connectivity index (χ2v) is 3.70. The molecule has 0 rings (SSSR count). The summed E-state index contributed by atoms with van der Waals surface area (Å²) in [6.07, 6.45) is -5.98. The minimum absolute atomic E-state index is 0.00952. The van der Waals surface area contributed by atoms with Crippen molar-refractivity contribution in [3.05, 3.63) is 0 Å². The van der Waals surface area contributed by atoms with Crippen LogP contribution in [-0.4, -0.2) is 63.6 Å². The molecule has 0 saturated carbocycles. The van der Waals surface area contributed by atoms with Gasteiger partial charge in [-0.25, -0.2) is 0 Å². The number of unbranched alkanes of at least 4 members (excludes halogenated alkanes) is 1. The van der Waals surface area contributed by atoms with Crippen molar-refractivity contribution in [2.75, 3.05) is 6.54 Å². The van der Waals surface area contributed by atoms with E-state index < -0.39 is 30.3 Å². The number of carbonyl (C=O) groups is 2. The summed E-state index contributed by atoms with van der Waals surface area (Å²) in [6.45, 7) is 2.26. The number of amides is 1. The molecule has 7 heteroatoms. The zero-order valence-electron chi connectivity index (χ0n) is 9.61. The number of aliphatic hydroxyl groups is 4. The molecule has 0 aliphatic rings. The van der Waals surface area contributed by atoms with Crippen LogP contribution in [0.3, 0.4) is 0 Å². The number of hydrogen-bond acceptors (Lipinski definition) is 6. The van der Waals surface area contributed by atoms with E-state index in [1.807, 2.05) is 6.92 Å². The van der Waals surface area contributed by atoms with Crippen molar-refractivity contribution in [3.63, 3.8) is 0 Å². The Bertz CT molecular complexity index is 247. The van der Waals surface area contributed by atoms with E-state index in [4.69, 9.17) is 5.11 Å². The topological polar surface area (TPSA) is 127 Å². The van der Waals surface area contributed by atoms with Crippen molar-refractivity contribution < 1.29 is 30.0 Å². The normalized spacial score (nSPS) is 17.9. The first-order chi connectivity index (χ1) is 7.95. The summed E-state index contributed by atoms with van der Waals surface area (Å²) < 4.78 is 0. The third-order valence-electron chi connectivity index (χ3n) is 2.26. The van der Waals surface area contributed by atoms with E-state index >= 15 is 0 Å². The molecule has 0 radical (unpaired) electrons. The van der Waals surface area contributed by atoms with E-state index in [1.165, 1.54) is 0 Å². The summed E-state index contributed by atoms with van der Waals surface area (Å²) in [4.78, 5) is 21.4. The molecule has 0 fully saturated rings.